The van der Waals surface area contributed by atoms with Crippen LogP contribution in [0.2, 0.25) is 0 Å². The van der Waals surface area contributed by atoms with Crippen molar-refractivity contribution < 1.29 is 14.3 Å². The first kappa shape index (κ1) is 15.0. The molecule has 5 heteroatoms. The van der Waals surface area contributed by atoms with E-state index in [1.54, 1.807) is 25.3 Å². The van der Waals surface area contributed by atoms with Gasteiger partial charge in [0.05, 0.1) is 18.5 Å². The molecule has 1 atom stereocenters. The molecule has 0 saturated carbocycles. The lowest BCUT2D eigenvalue weighted by Gasteiger charge is -2.11. The number of nitrogens with zero attached hydrogens (tertiary/aromatic N) is 1. The van der Waals surface area contributed by atoms with Gasteiger partial charge in [0.15, 0.2) is 0 Å². The first-order chi connectivity index (χ1) is 10.2. The maximum Gasteiger partial charge on any atom is 0.329 e. The van der Waals surface area contributed by atoms with E-state index in [0.717, 1.165) is 5.56 Å². The van der Waals surface area contributed by atoms with E-state index in [4.69, 9.17) is 15.2 Å². The van der Waals surface area contributed by atoms with E-state index in [9.17, 15) is 4.79 Å². The van der Waals surface area contributed by atoms with E-state index in [0.29, 0.717) is 24.7 Å². The molecule has 0 aliphatic heterocycles. The van der Waals surface area contributed by atoms with Crippen molar-refractivity contribution in [3.05, 3.63) is 59.9 Å². The quantitative estimate of drug-likeness (QED) is 0.824. The van der Waals surface area contributed by atoms with Gasteiger partial charge in [-0.25, -0.2) is 4.79 Å². The van der Waals surface area contributed by atoms with Crippen molar-refractivity contribution in [1.29, 1.82) is 0 Å². The summed E-state index contributed by atoms with van der Waals surface area (Å²) >= 11 is 0. The molecule has 0 radical (unpaired) electrons. The zero-order chi connectivity index (χ0) is 15.1. The summed E-state index contributed by atoms with van der Waals surface area (Å²) < 4.78 is 10.5. The summed E-state index contributed by atoms with van der Waals surface area (Å²) in [6.07, 6.45) is 1.55. The van der Waals surface area contributed by atoms with Crippen molar-refractivity contribution in [3.8, 4) is 5.75 Å². The van der Waals surface area contributed by atoms with Crippen LogP contribution >= 0.6 is 0 Å². The molecule has 1 unspecified atom stereocenters. The molecule has 0 bridgehead atoms. The van der Waals surface area contributed by atoms with E-state index in [1.807, 2.05) is 30.3 Å². The van der Waals surface area contributed by atoms with E-state index in [1.165, 1.54) is 0 Å². The average Bonchev–Trinajstić information content (AvgIpc) is 2.54. The van der Waals surface area contributed by atoms with E-state index in [-0.39, 0.29) is 0 Å². The third kappa shape index (κ3) is 4.29. The number of esters is 1. The lowest BCUT2D eigenvalue weighted by atomic mass is 10.2. The molecule has 2 aromatic rings. The molecule has 110 valence electrons. The number of carbonyl (C=O) groups is 1. The Morgan fingerprint density at radius 1 is 1.24 bits per heavy atom. The van der Waals surface area contributed by atoms with E-state index in [2.05, 4.69) is 4.98 Å². The van der Waals surface area contributed by atoms with Gasteiger partial charge < -0.3 is 15.2 Å². The van der Waals surface area contributed by atoms with Crippen molar-refractivity contribution in [1.82, 2.24) is 4.98 Å². The minimum absolute atomic E-state index is 0.296. The monoisotopic (exact) mass is 286 g/mol. The number of pyridine rings is 1. The van der Waals surface area contributed by atoms with Gasteiger partial charge in [-0.05, 0) is 24.6 Å². The Labute approximate surface area is 123 Å². The highest BCUT2D eigenvalue weighted by molar-refractivity contribution is 5.76. The largest absolute Gasteiger partial charge is 0.487 e. The van der Waals surface area contributed by atoms with Crippen LogP contribution in [-0.2, 0) is 16.1 Å². The highest BCUT2D eigenvalue weighted by Gasteiger charge is 2.18. The summed E-state index contributed by atoms with van der Waals surface area (Å²) in [6.45, 7) is 2.50. The van der Waals surface area contributed by atoms with Crippen LogP contribution in [0.3, 0.4) is 0 Å². The van der Waals surface area contributed by atoms with Crippen LogP contribution in [0.1, 0.15) is 24.2 Å². The summed E-state index contributed by atoms with van der Waals surface area (Å²) in [5.74, 6) is 0.140. The predicted octanol–water partition coefficient (Wildman–Crippen LogP) is 2.22. The second-order valence-corrected chi connectivity index (χ2v) is 4.42. The van der Waals surface area contributed by atoms with Gasteiger partial charge in [0.2, 0.25) is 0 Å². The minimum atomic E-state index is -0.867. The van der Waals surface area contributed by atoms with Gasteiger partial charge in [0.1, 0.15) is 18.4 Å². The van der Waals surface area contributed by atoms with Gasteiger partial charge >= 0.3 is 5.97 Å². The molecule has 0 aliphatic carbocycles. The SMILES string of the molecule is CCOC(=O)C(N)c1ccc(OCc2ccccc2)cn1. The third-order valence-electron chi connectivity index (χ3n) is 2.87. The van der Waals surface area contributed by atoms with Gasteiger partial charge in [-0.1, -0.05) is 30.3 Å². The lowest BCUT2D eigenvalue weighted by molar-refractivity contribution is -0.144. The second-order valence-electron chi connectivity index (χ2n) is 4.42. The Morgan fingerprint density at radius 2 is 2.00 bits per heavy atom. The van der Waals surface area contributed by atoms with Gasteiger partial charge in [-0.15, -0.1) is 0 Å². The van der Waals surface area contributed by atoms with Crippen LogP contribution in [0, 0.1) is 0 Å². The van der Waals surface area contributed by atoms with Gasteiger partial charge in [0.25, 0.3) is 0 Å². The maximum absolute atomic E-state index is 11.5. The van der Waals surface area contributed by atoms with Crippen molar-refractivity contribution >= 4 is 5.97 Å². The lowest BCUT2D eigenvalue weighted by Crippen LogP contribution is -2.24. The Balaban J connectivity index is 1.94. The molecule has 0 fully saturated rings. The van der Waals surface area contributed by atoms with Crippen LogP contribution in [0.5, 0.6) is 5.75 Å². The number of aromatic nitrogens is 1. The zero-order valence-electron chi connectivity index (χ0n) is 11.9. The zero-order valence-corrected chi connectivity index (χ0v) is 11.9. The van der Waals surface area contributed by atoms with Crippen LogP contribution in [-0.4, -0.2) is 17.6 Å². The first-order valence-corrected chi connectivity index (χ1v) is 6.75. The van der Waals surface area contributed by atoms with Gasteiger partial charge in [-0.2, -0.15) is 0 Å². The average molecular weight is 286 g/mol. The van der Waals surface area contributed by atoms with Crippen LogP contribution in [0.25, 0.3) is 0 Å². The molecule has 1 heterocycles. The Hall–Kier alpha value is -2.40. The maximum atomic E-state index is 11.5. The summed E-state index contributed by atoms with van der Waals surface area (Å²) in [7, 11) is 0. The van der Waals surface area contributed by atoms with Crippen LogP contribution in [0.4, 0.5) is 0 Å². The fourth-order valence-corrected chi connectivity index (χ4v) is 1.75. The molecule has 2 rings (SSSR count). The van der Waals surface area contributed by atoms with Gasteiger partial charge in [0, 0.05) is 0 Å². The number of hydrogen-bond donors (Lipinski definition) is 1. The molecule has 0 amide bonds. The molecule has 1 aromatic carbocycles. The number of ether oxygens (including phenoxy) is 2. The Bertz CT molecular complexity index is 570. The van der Waals surface area contributed by atoms with Gasteiger partial charge in [-0.3, -0.25) is 4.98 Å². The molecule has 1 aromatic heterocycles. The first-order valence-electron chi connectivity index (χ1n) is 6.75. The highest BCUT2D eigenvalue weighted by atomic mass is 16.5. The smallest absolute Gasteiger partial charge is 0.329 e. The molecule has 2 N–H and O–H groups in total. The number of hydrogen-bond acceptors (Lipinski definition) is 5. The second kappa shape index (κ2) is 7.40. The minimum Gasteiger partial charge on any atom is -0.487 e. The van der Waals surface area contributed by atoms with Crippen molar-refractivity contribution in [2.75, 3.05) is 6.61 Å². The standard InChI is InChI=1S/C16H18N2O3/c1-2-20-16(19)15(17)14-9-8-13(10-18-14)21-11-12-6-4-3-5-7-12/h3-10,15H,2,11,17H2,1H3. The molecular formula is C16H18N2O3. The number of rotatable bonds is 6. The fourth-order valence-electron chi connectivity index (χ4n) is 1.75. The predicted molar refractivity (Wildman–Crippen MR) is 78.6 cm³/mol. The Kier molecular flexibility index (Phi) is 5.29. The molecule has 5 nitrogen and oxygen atoms in total. The summed E-state index contributed by atoms with van der Waals surface area (Å²) in [4.78, 5) is 15.7. The molecular weight excluding hydrogens is 268 g/mol. The third-order valence-corrected chi connectivity index (χ3v) is 2.87. The molecule has 21 heavy (non-hydrogen) atoms. The number of carbonyl (C=O) groups excluding carboxylic acids is 1. The fraction of sp³-hybridized carbons (Fsp3) is 0.250. The van der Waals surface area contributed by atoms with E-state index < -0.39 is 12.0 Å². The summed E-state index contributed by atoms with van der Waals surface area (Å²) in [6, 6.07) is 12.4. The Morgan fingerprint density at radius 3 is 2.62 bits per heavy atom. The number of benzene rings is 1. The van der Waals surface area contributed by atoms with E-state index >= 15 is 0 Å². The topological polar surface area (TPSA) is 74.4 Å². The van der Waals surface area contributed by atoms with Crippen LogP contribution in [0.15, 0.2) is 48.7 Å². The molecule has 0 spiro atoms. The summed E-state index contributed by atoms with van der Waals surface area (Å²) in [5.41, 5.74) is 7.29. The van der Waals surface area contributed by atoms with Crippen molar-refractivity contribution in [2.24, 2.45) is 5.73 Å². The summed E-state index contributed by atoms with van der Waals surface area (Å²) in [5, 5.41) is 0. The van der Waals surface area contributed by atoms with Crippen molar-refractivity contribution in [3.63, 3.8) is 0 Å². The van der Waals surface area contributed by atoms with Crippen LogP contribution < -0.4 is 10.5 Å². The molecule has 0 aliphatic rings. The normalized spacial score (nSPS) is 11.7. The number of nitrogens with two attached hydrogens (primary N) is 1. The van der Waals surface area contributed by atoms with Crippen molar-refractivity contribution in [2.45, 2.75) is 19.6 Å². The highest BCUT2D eigenvalue weighted by Crippen LogP contribution is 2.15. The molecule has 0 saturated heterocycles.